The predicted molar refractivity (Wildman–Crippen MR) is 111 cm³/mol. The lowest BCUT2D eigenvalue weighted by atomic mass is 10.0. The number of rotatable bonds is 6. The Morgan fingerprint density at radius 3 is 2.50 bits per heavy atom. The highest BCUT2D eigenvalue weighted by molar-refractivity contribution is 5.84. The summed E-state index contributed by atoms with van der Waals surface area (Å²) in [5.41, 5.74) is 1.74. The Balaban J connectivity index is 1.83. The van der Waals surface area contributed by atoms with Crippen molar-refractivity contribution in [3.63, 3.8) is 0 Å². The molecule has 1 atom stereocenters. The van der Waals surface area contributed by atoms with Crippen LogP contribution in [0.3, 0.4) is 0 Å². The molecule has 1 amide bonds. The quantitative estimate of drug-likeness (QED) is 0.693. The summed E-state index contributed by atoms with van der Waals surface area (Å²) in [6, 6.07) is 14.5. The number of aryl methyl sites for hydroxylation is 1. The number of ether oxygens (including phenoxy) is 1. The maximum atomic E-state index is 12.9. The topological polar surface area (TPSA) is 68.5 Å². The van der Waals surface area contributed by atoms with Gasteiger partial charge in [0.15, 0.2) is 6.61 Å². The third kappa shape index (κ3) is 4.25. The number of carbonyl (C=O) groups is 1. The molecule has 146 valence electrons. The van der Waals surface area contributed by atoms with Gasteiger partial charge in [-0.1, -0.05) is 44.2 Å². The van der Waals surface area contributed by atoms with Gasteiger partial charge >= 0.3 is 0 Å². The van der Waals surface area contributed by atoms with Crippen LogP contribution < -0.4 is 15.5 Å². The number of hydrogen-bond donors (Lipinski definition) is 1. The van der Waals surface area contributed by atoms with Gasteiger partial charge in [-0.2, -0.15) is 0 Å². The first kappa shape index (κ1) is 19.7. The monoisotopic (exact) mass is 379 g/mol. The van der Waals surface area contributed by atoms with Gasteiger partial charge in [0.25, 0.3) is 5.91 Å². The molecule has 0 aliphatic carbocycles. The lowest BCUT2D eigenvalue weighted by Crippen LogP contribution is -2.38. The zero-order chi connectivity index (χ0) is 20.3. The average molecular weight is 379 g/mol. The lowest BCUT2D eigenvalue weighted by Gasteiger charge is -2.17. The summed E-state index contributed by atoms with van der Waals surface area (Å²) in [7, 11) is 0. The molecule has 0 saturated carbocycles. The van der Waals surface area contributed by atoms with Gasteiger partial charge < -0.3 is 14.5 Å². The molecule has 3 aromatic rings. The number of carbonyl (C=O) groups excluding carboxylic acids is 1. The number of fused-ring (bicyclic) bond motifs is 1. The maximum absolute atomic E-state index is 12.9. The van der Waals surface area contributed by atoms with E-state index in [1.165, 1.54) is 0 Å². The van der Waals surface area contributed by atoms with Gasteiger partial charge in [0.1, 0.15) is 17.1 Å². The van der Waals surface area contributed by atoms with E-state index >= 15 is 0 Å². The molecule has 1 aromatic heterocycles. The fraction of sp³-hybridized carbons (Fsp3) is 0.304. The van der Waals surface area contributed by atoms with Crippen LogP contribution in [0.25, 0.3) is 22.1 Å². The number of benzene rings is 2. The van der Waals surface area contributed by atoms with E-state index in [9.17, 15) is 9.59 Å². The lowest BCUT2D eigenvalue weighted by molar-refractivity contribution is -0.124. The van der Waals surface area contributed by atoms with Gasteiger partial charge in [-0.05, 0) is 37.5 Å². The van der Waals surface area contributed by atoms with Gasteiger partial charge in [0.05, 0.1) is 10.9 Å². The van der Waals surface area contributed by atoms with E-state index in [1.807, 2.05) is 51.1 Å². The summed E-state index contributed by atoms with van der Waals surface area (Å²) < 4.78 is 11.5. The van der Waals surface area contributed by atoms with Crippen molar-refractivity contribution < 1.29 is 13.9 Å². The first-order valence-corrected chi connectivity index (χ1v) is 9.42. The predicted octanol–water partition coefficient (Wildman–Crippen LogP) is 4.31. The van der Waals surface area contributed by atoms with Crippen LogP contribution >= 0.6 is 0 Å². The molecule has 0 radical (unpaired) electrons. The van der Waals surface area contributed by atoms with Crippen LogP contribution in [0.4, 0.5) is 0 Å². The highest BCUT2D eigenvalue weighted by Crippen LogP contribution is 2.26. The molecule has 5 heteroatoms. The molecule has 0 saturated heterocycles. The van der Waals surface area contributed by atoms with Crippen LogP contribution in [0.2, 0.25) is 0 Å². The Morgan fingerprint density at radius 1 is 1.11 bits per heavy atom. The second kappa shape index (κ2) is 8.30. The van der Waals surface area contributed by atoms with E-state index in [0.717, 1.165) is 5.56 Å². The molecule has 28 heavy (non-hydrogen) atoms. The second-order valence-corrected chi connectivity index (χ2v) is 7.28. The van der Waals surface area contributed by atoms with Crippen LogP contribution in [-0.2, 0) is 4.79 Å². The van der Waals surface area contributed by atoms with Crippen molar-refractivity contribution in [3.05, 3.63) is 64.5 Å². The molecule has 0 aliphatic rings. The molecule has 2 aromatic carbocycles. The summed E-state index contributed by atoms with van der Waals surface area (Å²) in [5, 5.41) is 3.37. The number of amides is 1. The number of hydrogen-bond acceptors (Lipinski definition) is 4. The van der Waals surface area contributed by atoms with Crippen molar-refractivity contribution in [2.24, 2.45) is 5.92 Å². The summed E-state index contributed by atoms with van der Waals surface area (Å²) >= 11 is 0. The summed E-state index contributed by atoms with van der Waals surface area (Å²) in [5.74, 6) is 1.19. The van der Waals surface area contributed by atoms with Gasteiger partial charge in [-0.25, -0.2) is 0 Å². The summed E-state index contributed by atoms with van der Waals surface area (Å²) in [4.78, 5) is 24.9. The SMILES string of the molecule is Cc1oc2cc(OCC(=O)N[C@@H](C)C(C)C)ccc2c(=O)c1-c1ccccc1. The van der Waals surface area contributed by atoms with Gasteiger partial charge in [-0.15, -0.1) is 0 Å². The molecular weight excluding hydrogens is 354 g/mol. The first-order chi connectivity index (χ1) is 13.4. The minimum Gasteiger partial charge on any atom is -0.484 e. The zero-order valence-corrected chi connectivity index (χ0v) is 16.6. The fourth-order valence-electron chi connectivity index (χ4n) is 2.93. The van der Waals surface area contributed by atoms with E-state index < -0.39 is 0 Å². The van der Waals surface area contributed by atoms with Crippen molar-refractivity contribution in [2.75, 3.05) is 6.61 Å². The zero-order valence-electron chi connectivity index (χ0n) is 16.6. The van der Waals surface area contributed by atoms with Gasteiger partial charge in [-0.3, -0.25) is 9.59 Å². The van der Waals surface area contributed by atoms with E-state index in [1.54, 1.807) is 25.1 Å². The maximum Gasteiger partial charge on any atom is 0.258 e. The summed E-state index contributed by atoms with van der Waals surface area (Å²) in [6.07, 6.45) is 0. The Labute approximate surface area is 164 Å². The second-order valence-electron chi connectivity index (χ2n) is 7.28. The molecule has 0 spiro atoms. The third-order valence-corrected chi connectivity index (χ3v) is 4.86. The molecule has 1 N–H and O–H groups in total. The number of nitrogens with one attached hydrogen (secondary N) is 1. The molecule has 0 fully saturated rings. The van der Waals surface area contributed by atoms with Crippen molar-refractivity contribution in [1.82, 2.24) is 5.32 Å². The first-order valence-electron chi connectivity index (χ1n) is 9.42. The van der Waals surface area contributed by atoms with Crippen LogP contribution in [0, 0.1) is 12.8 Å². The molecular formula is C23H25NO4. The fourth-order valence-corrected chi connectivity index (χ4v) is 2.93. The summed E-state index contributed by atoms with van der Waals surface area (Å²) in [6.45, 7) is 7.73. The third-order valence-electron chi connectivity index (χ3n) is 4.86. The molecule has 0 bridgehead atoms. The Bertz CT molecular complexity index is 1040. The minimum absolute atomic E-state index is 0.0739. The van der Waals surface area contributed by atoms with E-state index in [0.29, 0.717) is 34.0 Å². The van der Waals surface area contributed by atoms with Crippen molar-refractivity contribution in [1.29, 1.82) is 0 Å². The van der Waals surface area contributed by atoms with E-state index in [-0.39, 0.29) is 24.0 Å². The van der Waals surface area contributed by atoms with Crippen molar-refractivity contribution in [3.8, 4) is 16.9 Å². The Morgan fingerprint density at radius 2 is 1.82 bits per heavy atom. The van der Waals surface area contributed by atoms with Gasteiger partial charge in [0, 0.05) is 12.1 Å². The molecule has 0 aliphatic heterocycles. The highest BCUT2D eigenvalue weighted by atomic mass is 16.5. The Kier molecular flexibility index (Phi) is 5.83. The van der Waals surface area contributed by atoms with E-state index in [2.05, 4.69) is 5.32 Å². The van der Waals surface area contributed by atoms with Crippen LogP contribution in [-0.4, -0.2) is 18.6 Å². The van der Waals surface area contributed by atoms with Crippen LogP contribution in [0.15, 0.2) is 57.7 Å². The standard InChI is InChI=1S/C23H25NO4/c1-14(2)15(3)24-21(25)13-27-18-10-11-19-20(12-18)28-16(4)22(23(19)26)17-8-6-5-7-9-17/h5-12,14-15H,13H2,1-4H3,(H,24,25)/t15-/m0/s1. The average Bonchev–Trinajstić information content (AvgIpc) is 2.67. The minimum atomic E-state index is -0.182. The normalized spacial score (nSPS) is 12.2. The smallest absolute Gasteiger partial charge is 0.258 e. The van der Waals surface area contributed by atoms with Crippen LogP contribution in [0.5, 0.6) is 5.75 Å². The molecule has 1 heterocycles. The highest BCUT2D eigenvalue weighted by Gasteiger charge is 2.15. The van der Waals surface area contributed by atoms with Crippen molar-refractivity contribution >= 4 is 16.9 Å². The van der Waals surface area contributed by atoms with Crippen LogP contribution in [0.1, 0.15) is 26.5 Å². The largest absolute Gasteiger partial charge is 0.484 e. The molecule has 5 nitrogen and oxygen atoms in total. The molecule has 3 rings (SSSR count). The van der Waals surface area contributed by atoms with Crippen molar-refractivity contribution in [2.45, 2.75) is 33.7 Å². The molecule has 0 unspecified atom stereocenters. The van der Waals surface area contributed by atoms with E-state index in [4.69, 9.17) is 9.15 Å². The Hall–Kier alpha value is -3.08. The van der Waals surface area contributed by atoms with Gasteiger partial charge in [0.2, 0.25) is 5.43 Å².